The predicted octanol–water partition coefficient (Wildman–Crippen LogP) is 7.86. The summed E-state index contributed by atoms with van der Waals surface area (Å²) in [6.45, 7) is 1.71. The second-order valence-corrected chi connectivity index (χ2v) is 16.4. The molecule has 1 unspecified atom stereocenters. The average molecular weight is 677 g/mol. The van der Waals surface area contributed by atoms with E-state index in [1.165, 1.54) is 6.26 Å². The molecule has 0 saturated heterocycles. The molecule has 0 bridgehead atoms. The van der Waals surface area contributed by atoms with Gasteiger partial charge >= 0.3 is 0 Å². The molecule has 0 fully saturated rings. The highest BCUT2D eigenvalue weighted by atomic mass is 35.5. The highest BCUT2D eigenvalue weighted by Crippen LogP contribution is 2.37. The standard InChI is InChI=1S/C34H27Cl2N3O4S2/c1-20(44(2,40)41)14-21-15-24-8-5-13-37-32(24)27(16-21)23-6-4-7-25(17-23)34-33(22-9-11-26(12-10-22)45(3,42)43)38-30-18-28(35)29(36)19-31(30)39-34/h4-13,15-20H,14H2,1-3H3. The van der Waals surface area contributed by atoms with E-state index in [0.29, 0.717) is 44.5 Å². The van der Waals surface area contributed by atoms with Crippen molar-refractivity contribution in [3.8, 4) is 33.6 Å². The van der Waals surface area contributed by atoms with Crippen LogP contribution in [0.25, 0.3) is 55.6 Å². The Labute approximate surface area is 271 Å². The lowest BCUT2D eigenvalue weighted by Crippen LogP contribution is -2.18. The van der Waals surface area contributed by atoms with Crippen molar-refractivity contribution in [2.75, 3.05) is 12.5 Å². The van der Waals surface area contributed by atoms with Gasteiger partial charge in [-0.05, 0) is 73.0 Å². The summed E-state index contributed by atoms with van der Waals surface area (Å²) in [5.41, 5.74) is 7.00. The number of halogens is 2. The van der Waals surface area contributed by atoms with E-state index in [1.54, 1.807) is 49.5 Å². The number of pyridine rings is 1. The largest absolute Gasteiger partial charge is 0.256 e. The van der Waals surface area contributed by atoms with Gasteiger partial charge in [0.25, 0.3) is 0 Å². The van der Waals surface area contributed by atoms with E-state index >= 15 is 0 Å². The minimum Gasteiger partial charge on any atom is -0.256 e. The maximum atomic E-state index is 12.2. The Kier molecular flexibility index (Phi) is 8.16. The van der Waals surface area contributed by atoms with Crippen molar-refractivity contribution in [1.82, 2.24) is 15.0 Å². The monoisotopic (exact) mass is 675 g/mol. The minimum atomic E-state index is -3.39. The van der Waals surface area contributed by atoms with Gasteiger partial charge in [0.2, 0.25) is 0 Å². The van der Waals surface area contributed by atoms with Crippen molar-refractivity contribution in [1.29, 1.82) is 0 Å². The molecule has 0 saturated carbocycles. The Morgan fingerprint density at radius 3 is 1.96 bits per heavy atom. The van der Waals surface area contributed by atoms with Gasteiger partial charge in [-0.3, -0.25) is 4.98 Å². The second-order valence-electron chi connectivity index (χ2n) is 11.1. The molecule has 0 aliphatic carbocycles. The van der Waals surface area contributed by atoms with Crippen LogP contribution in [0.15, 0.2) is 96.0 Å². The number of rotatable bonds is 7. The maximum Gasteiger partial charge on any atom is 0.175 e. The van der Waals surface area contributed by atoms with Crippen molar-refractivity contribution in [3.63, 3.8) is 0 Å². The summed E-state index contributed by atoms with van der Waals surface area (Å²) in [6.07, 6.45) is 4.51. The number of nitrogens with zero attached hydrogens (tertiary/aromatic N) is 3. The normalized spacial score (nSPS) is 12.9. The number of fused-ring (bicyclic) bond motifs is 2. The zero-order valence-corrected chi connectivity index (χ0v) is 27.6. The van der Waals surface area contributed by atoms with Crippen molar-refractivity contribution in [2.24, 2.45) is 0 Å². The number of aromatic nitrogens is 3. The molecule has 0 aliphatic rings. The van der Waals surface area contributed by atoms with Crippen LogP contribution >= 0.6 is 23.2 Å². The zero-order chi connectivity index (χ0) is 32.1. The first-order chi connectivity index (χ1) is 21.3. The van der Waals surface area contributed by atoms with Gasteiger partial charge in [-0.25, -0.2) is 26.8 Å². The smallest absolute Gasteiger partial charge is 0.175 e. The second kappa shape index (κ2) is 11.8. The summed E-state index contributed by atoms with van der Waals surface area (Å²) in [4.78, 5) is 14.7. The number of hydrogen-bond donors (Lipinski definition) is 0. The van der Waals surface area contributed by atoms with Crippen LogP contribution in [-0.2, 0) is 26.1 Å². The van der Waals surface area contributed by atoms with Crippen molar-refractivity contribution in [2.45, 2.75) is 23.5 Å². The van der Waals surface area contributed by atoms with Crippen molar-refractivity contribution in [3.05, 3.63) is 107 Å². The van der Waals surface area contributed by atoms with Crippen LogP contribution in [-0.4, -0.2) is 49.5 Å². The fraction of sp³-hybridized carbons (Fsp3) is 0.147. The van der Waals surface area contributed by atoms with Crippen LogP contribution in [0.5, 0.6) is 0 Å². The molecule has 6 rings (SSSR count). The molecule has 0 radical (unpaired) electrons. The molecule has 45 heavy (non-hydrogen) atoms. The predicted molar refractivity (Wildman–Crippen MR) is 182 cm³/mol. The van der Waals surface area contributed by atoms with E-state index in [0.717, 1.165) is 39.4 Å². The molecule has 0 spiro atoms. The quantitative estimate of drug-likeness (QED) is 0.169. The summed E-state index contributed by atoms with van der Waals surface area (Å²) < 4.78 is 48.7. The fourth-order valence-electron chi connectivity index (χ4n) is 5.22. The minimum absolute atomic E-state index is 0.197. The highest BCUT2D eigenvalue weighted by Gasteiger charge is 2.19. The van der Waals surface area contributed by atoms with Gasteiger partial charge in [0, 0.05) is 40.8 Å². The van der Waals surface area contributed by atoms with E-state index in [1.807, 2.05) is 48.5 Å². The van der Waals surface area contributed by atoms with E-state index in [-0.39, 0.29) is 4.90 Å². The van der Waals surface area contributed by atoms with Crippen LogP contribution in [0, 0.1) is 0 Å². The Balaban J connectivity index is 1.55. The topological polar surface area (TPSA) is 107 Å². The first kappa shape index (κ1) is 31.1. The molecule has 2 aromatic heterocycles. The third-order valence-electron chi connectivity index (χ3n) is 7.73. The van der Waals surface area contributed by atoms with Crippen molar-refractivity contribution >= 4 is 64.8 Å². The van der Waals surface area contributed by atoms with Gasteiger partial charge in [0.1, 0.15) is 9.84 Å². The lowest BCUT2D eigenvalue weighted by Gasteiger charge is -2.15. The third kappa shape index (κ3) is 6.44. The SMILES string of the molecule is CC(Cc1cc(-c2cccc(-c3nc4cc(Cl)c(Cl)cc4nc3-c3ccc(S(C)(=O)=O)cc3)c2)c2ncccc2c1)S(C)(=O)=O. The van der Waals surface area contributed by atoms with E-state index in [9.17, 15) is 16.8 Å². The van der Waals surface area contributed by atoms with E-state index in [4.69, 9.17) is 33.2 Å². The zero-order valence-electron chi connectivity index (χ0n) is 24.5. The number of benzene rings is 4. The van der Waals surface area contributed by atoms with Gasteiger partial charge < -0.3 is 0 Å². The molecular formula is C34H27Cl2N3O4S2. The Morgan fingerprint density at radius 1 is 0.711 bits per heavy atom. The average Bonchev–Trinajstić information content (AvgIpc) is 3.00. The van der Waals surface area contributed by atoms with E-state index < -0.39 is 24.9 Å². The van der Waals surface area contributed by atoms with Gasteiger partial charge in [0.15, 0.2) is 9.84 Å². The molecular weight excluding hydrogens is 649 g/mol. The van der Waals surface area contributed by atoms with Gasteiger partial charge in [-0.15, -0.1) is 0 Å². The van der Waals surface area contributed by atoms with Gasteiger partial charge in [-0.2, -0.15) is 0 Å². The number of hydrogen-bond acceptors (Lipinski definition) is 7. The number of sulfone groups is 2. The summed E-state index contributed by atoms with van der Waals surface area (Å²) >= 11 is 12.7. The van der Waals surface area contributed by atoms with Crippen LogP contribution < -0.4 is 0 Å². The summed E-state index contributed by atoms with van der Waals surface area (Å²) in [6, 6.07) is 25.5. The van der Waals surface area contributed by atoms with Crippen LogP contribution in [0.1, 0.15) is 12.5 Å². The third-order valence-corrected chi connectivity index (χ3v) is 11.2. The maximum absolute atomic E-state index is 12.2. The van der Waals surface area contributed by atoms with Crippen LogP contribution in [0.4, 0.5) is 0 Å². The molecule has 4 aromatic carbocycles. The lowest BCUT2D eigenvalue weighted by molar-refractivity contribution is 0.588. The summed E-state index contributed by atoms with van der Waals surface area (Å²) in [5.74, 6) is 0. The molecule has 6 aromatic rings. The lowest BCUT2D eigenvalue weighted by atomic mass is 9.94. The summed E-state index contributed by atoms with van der Waals surface area (Å²) in [5, 5.41) is 1.05. The molecule has 0 N–H and O–H groups in total. The molecule has 11 heteroatoms. The Morgan fingerprint density at radius 2 is 1.33 bits per heavy atom. The molecule has 0 amide bonds. The van der Waals surface area contributed by atoms with Crippen molar-refractivity contribution < 1.29 is 16.8 Å². The molecule has 228 valence electrons. The molecule has 7 nitrogen and oxygen atoms in total. The first-order valence-corrected chi connectivity index (χ1v) is 18.5. The van der Waals surface area contributed by atoms with Gasteiger partial charge in [-0.1, -0.05) is 59.6 Å². The highest BCUT2D eigenvalue weighted by molar-refractivity contribution is 7.91. The van der Waals surface area contributed by atoms with E-state index in [2.05, 4.69) is 4.98 Å². The van der Waals surface area contributed by atoms with Crippen LogP contribution in [0.2, 0.25) is 10.0 Å². The fourth-order valence-corrected chi connectivity index (χ4v) is 6.67. The first-order valence-electron chi connectivity index (χ1n) is 13.9. The molecule has 0 aliphatic heterocycles. The molecule has 1 atom stereocenters. The Hall–Kier alpha value is -3.89. The molecule has 2 heterocycles. The van der Waals surface area contributed by atoms with Gasteiger partial charge in [0.05, 0.1) is 48.1 Å². The summed E-state index contributed by atoms with van der Waals surface area (Å²) in [7, 11) is -6.61. The van der Waals surface area contributed by atoms with Crippen LogP contribution in [0.3, 0.4) is 0 Å². The Bertz CT molecular complexity index is 2350.